The van der Waals surface area contributed by atoms with Crippen molar-refractivity contribution >= 4 is 22.6 Å². The highest BCUT2D eigenvalue weighted by atomic mass is 19.1. The molecule has 0 saturated carbocycles. The fourth-order valence-corrected chi connectivity index (χ4v) is 2.89. The molecule has 2 heterocycles. The third-order valence-corrected chi connectivity index (χ3v) is 3.96. The van der Waals surface area contributed by atoms with Crippen LogP contribution in [0.15, 0.2) is 18.5 Å². The van der Waals surface area contributed by atoms with Crippen molar-refractivity contribution in [3.05, 3.63) is 24.3 Å². The van der Waals surface area contributed by atoms with Crippen LogP contribution in [0.5, 0.6) is 5.75 Å². The number of fused-ring (bicyclic) bond motifs is 1. The van der Waals surface area contributed by atoms with Crippen molar-refractivity contribution < 1.29 is 13.9 Å². The van der Waals surface area contributed by atoms with Gasteiger partial charge in [0.05, 0.1) is 12.6 Å². The topological polar surface area (TPSA) is 67.4 Å². The van der Waals surface area contributed by atoms with E-state index in [0.29, 0.717) is 16.7 Å². The predicted octanol–water partition coefficient (Wildman–Crippen LogP) is 1.49. The first-order valence-electron chi connectivity index (χ1n) is 7.12. The Morgan fingerprint density at radius 2 is 2.27 bits per heavy atom. The lowest BCUT2D eigenvalue weighted by molar-refractivity contribution is -0.121. The van der Waals surface area contributed by atoms with E-state index in [-0.39, 0.29) is 17.7 Å². The summed E-state index contributed by atoms with van der Waals surface area (Å²) in [7, 11) is 3.03. The SMILES string of the molecule is CNC(=O)[C@@H]1CCCN1c1ncnc2cc(F)c(OC)cc12. The lowest BCUT2D eigenvalue weighted by atomic mass is 10.1. The summed E-state index contributed by atoms with van der Waals surface area (Å²) in [5, 5.41) is 3.36. The highest BCUT2D eigenvalue weighted by Gasteiger charge is 2.32. The molecule has 1 aromatic heterocycles. The molecule has 1 atom stereocenters. The molecule has 1 N–H and O–H groups in total. The Hall–Kier alpha value is -2.44. The number of amides is 1. The molecule has 0 radical (unpaired) electrons. The van der Waals surface area contributed by atoms with E-state index in [1.54, 1.807) is 13.1 Å². The maximum Gasteiger partial charge on any atom is 0.242 e. The first-order valence-corrected chi connectivity index (χ1v) is 7.12. The van der Waals surface area contributed by atoms with E-state index >= 15 is 0 Å². The Bertz CT molecular complexity index is 722. The zero-order valence-corrected chi connectivity index (χ0v) is 12.5. The van der Waals surface area contributed by atoms with Crippen LogP contribution in [0.2, 0.25) is 0 Å². The molecule has 0 bridgehead atoms. The van der Waals surface area contributed by atoms with E-state index in [1.165, 1.54) is 19.5 Å². The third-order valence-electron chi connectivity index (χ3n) is 3.96. The van der Waals surface area contributed by atoms with Crippen LogP contribution in [0.1, 0.15) is 12.8 Å². The molecule has 0 unspecified atom stereocenters. The number of rotatable bonds is 3. The molecule has 0 aliphatic carbocycles. The minimum Gasteiger partial charge on any atom is -0.494 e. The lowest BCUT2D eigenvalue weighted by Crippen LogP contribution is -2.42. The second-order valence-corrected chi connectivity index (χ2v) is 5.17. The van der Waals surface area contributed by atoms with E-state index in [2.05, 4.69) is 15.3 Å². The van der Waals surface area contributed by atoms with Crippen molar-refractivity contribution in [1.82, 2.24) is 15.3 Å². The fraction of sp³-hybridized carbons (Fsp3) is 0.400. The number of nitrogens with one attached hydrogen (secondary N) is 1. The number of halogens is 1. The molecule has 7 heteroatoms. The van der Waals surface area contributed by atoms with Crippen LogP contribution >= 0.6 is 0 Å². The molecule has 22 heavy (non-hydrogen) atoms. The molecule has 0 spiro atoms. The average molecular weight is 304 g/mol. The number of likely N-dealkylation sites (N-methyl/N-ethyl adjacent to an activating group) is 1. The Labute approximate surface area is 127 Å². The van der Waals surface area contributed by atoms with Crippen LogP contribution in [0.25, 0.3) is 10.9 Å². The normalized spacial score (nSPS) is 17.8. The molecule has 1 fully saturated rings. The second-order valence-electron chi connectivity index (χ2n) is 5.17. The minimum atomic E-state index is -0.469. The van der Waals surface area contributed by atoms with Crippen LogP contribution in [-0.4, -0.2) is 42.6 Å². The van der Waals surface area contributed by atoms with Crippen molar-refractivity contribution in [2.24, 2.45) is 0 Å². The standard InChI is InChI=1S/C15H17FN4O2/c1-17-15(21)12-4-3-5-20(12)14-9-6-13(22-2)10(16)7-11(9)18-8-19-14/h6-8,12H,3-5H2,1-2H3,(H,17,21)/t12-/m0/s1. The highest BCUT2D eigenvalue weighted by molar-refractivity contribution is 5.94. The van der Waals surface area contributed by atoms with E-state index in [1.807, 2.05) is 4.90 Å². The van der Waals surface area contributed by atoms with Crippen LogP contribution in [0, 0.1) is 5.82 Å². The first kappa shape index (κ1) is 14.5. The summed E-state index contributed by atoms with van der Waals surface area (Å²) >= 11 is 0. The minimum absolute atomic E-state index is 0.0432. The molecule has 1 amide bonds. The van der Waals surface area contributed by atoms with Gasteiger partial charge in [-0.25, -0.2) is 14.4 Å². The van der Waals surface area contributed by atoms with Gasteiger partial charge in [0, 0.05) is 25.0 Å². The van der Waals surface area contributed by atoms with Crippen molar-refractivity contribution in [3.63, 3.8) is 0 Å². The summed E-state index contributed by atoms with van der Waals surface area (Å²) in [6.45, 7) is 0.726. The maximum absolute atomic E-state index is 13.8. The Morgan fingerprint density at radius 1 is 1.45 bits per heavy atom. The monoisotopic (exact) mass is 304 g/mol. The zero-order chi connectivity index (χ0) is 15.7. The summed E-state index contributed by atoms with van der Waals surface area (Å²) in [6.07, 6.45) is 3.06. The van der Waals surface area contributed by atoms with Gasteiger partial charge >= 0.3 is 0 Å². The summed E-state index contributed by atoms with van der Waals surface area (Å²) in [6, 6.07) is 2.64. The van der Waals surface area contributed by atoms with Gasteiger partial charge in [-0.1, -0.05) is 0 Å². The quantitative estimate of drug-likeness (QED) is 0.930. The number of ether oxygens (including phenoxy) is 1. The smallest absolute Gasteiger partial charge is 0.242 e. The number of carbonyl (C=O) groups is 1. The number of hydrogen-bond acceptors (Lipinski definition) is 5. The summed E-state index contributed by atoms with van der Waals surface area (Å²) in [4.78, 5) is 22.4. The summed E-state index contributed by atoms with van der Waals surface area (Å²) in [5.74, 6) is 0.260. The van der Waals surface area contributed by atoms with Gasteiger partial charge in [-0.15, -0.1) is 0 Å². The lowest BCUT2D eigenvalue weighted by Gasteiger charge is -2.25. The van der Waals surface area contributed by atoms with E-state index in [9.17, 15) is 9.18 Å². The van der Waals surface area contributed by atoms with Gasteiger partial charge < -0.3 is 15.0 Å². The van der Waals surface area contributed by atoms with Crippen LogP contribution in [0.3, 0.4) is 0 Å². The summed E-state index contributed by atoms with van der Waals surface area (Å²) in [5.41, 5.74) is 0.492. The fourth-order valence-electron chi connectivity index (χ4n) is 2.89. The Morgan fingerprint density at radius 3 is 3.00 bits per heavy atom. The molecule has 2 aromatic rings. The van der Waals surface area contributed by atoms with Crippen LogP contribution in [0.4, 0.5) is 10.2 Å². The molecular weight excluding hydrogens is 287 g/mol. The van der Waals surface area contributed by atoms with Crippen molar-refractivity contribution in [1.29, 1.82) is 0 Å². The van der Waals surface area contributed by atoms with Crippen molar-refractivity contribution in [2.45, 2.75) is 18.9 Å². The summed E-state index contributed by atoms with van der Waals surface area (Å²) < 4.78 is 18.9. The van der Waals surface area contributed by atoms with Crippen LogP contribution in [-0.2, 0) is 4.79 Å². The molecule has 6 nitrogen and oxygen atoms in total. The van der Waals surface area contributed by atoms with Crippen molar-refractivity contribution in [3.8, 4) is 5.75 Å². The number of aromatic nitrogens is 2. The predicted molar refractivity (Wildman–Crippen MR) is 80.5 cm³/mol. The van der Waals surface area contributed by atoms with Gasteiger partial charge in [-0.3, -0.25) is 4.79 Å². The first-order chi connectivity index (χ1) is 10.7. The zero-order valence-electron chi connectivity index (χ0n) is 12.5. The second kappa shape index (κ2) is 5.75. The van der Waals surface area contributed by atoms with Crippen LogP contribution < -0.4 is 15.0 Å². The largest absolute Gasteiger partial charge is 0.494 e. The van der Waals surface area contributed by atoms with Gasteiger partial charge in [0.25, 0.3) is 0 Å². The number of anilines is 1. The number of hydrogen-bond donors (Lipinski definition) is 1. The third kappa shape index (κ3) is 2.32. The molecular formula is C15H17FN4O2. The number of nitrogens with zero attached hydrogens (tertiary/aromatic N) is 3. The molecule has 1 aromatic carbocycles. The number of benzene rings is 1. The number of methoxy groups -OCH3 is 1. The molecule has 1 aliphatic rings. The molecule has 1 saturated heterocycles. The van der Waals surface area contributed by atoms with E-state index in [4.69, 9.17) is 4.74 Å². The van der Waals surface area contributed by atoms with Gasteiger partial charge in [0.1, 0.15) is 18.2 Å². The highest BCUT2D eigenvalue weighted by Crippen LogP contribution is 2.32. The average Bonchev–Trinajstić information content (AvgIpc) is 3.02. The number of carbonyl (C=O) groups excluding carboxylic acids is 1. The molecule has 1 aliphatic heterocycles. The Kier molecular flexibility index (Phi) is 3.79. The van der Waals surface area contributed by atoms with Crippen molar-refractivity contribution in [2.75, 3.05) is 25.6 Å². The van der Waals surface area contributed by atoms with E-state index in [0.717, 1.165) is 19.4 Å². The van der Waals surface area contributed by atoms with Gasteiger partial charge in [-0.2, -0.15) is 0 Å². The van der Waals surface area contributed by atoms with E-state index < -0.39 is 5.82 Å². The van der Waals surface area contributed by atoms with Gasteiger partial charge in [0.2, 0.25) is 5.91 Å². The molecule has 3 rings (SSSR count). The Balaban J connectivity index is 2.12. The van der Waals surface area contributed by atoms with Gasteiger partial charge in [-0.05, 0) is 18.9 Å². The van der Waals surface area contributed by atoms with Gasteiger partial charge in [0.15, 0.2) is 11.6 Å². The maximum atomic E-state index is 13.8. The molecule has 116 valence electrons.